The lowest BCUT2D eigenvalue weighted by Gasteiger charge is -2.14. The largest absolute Gasteiger partial charge is 0.374 e. The van der Waals surface area contributed by atoms with Crippen molar-refractivity contribution >= 4 is 29.2 Å². The van der Waals surface area contributed by atoms with Gasteiger partial charge in [0.2, 0.25) is 5.91 Å². The summed E-state index contributed by atoms with van der Waals surface area (Å²) in [5, 5.41) is 13.8. The molecule has 0 heterocycles. The van der Waals surface area contributed by atoms with Crippen LogP contribution in [-0.2, 0) is 4.79 Å². The quantitative estimate of drug-likeness (QED) is 0.764. The first-order valence-corrected chi connectivity index (χ1v) is 5.38. The number of nitrogens with one attached hydrogen (secondary N) is 2. The van der Waals surface area contributed by atoms with Gasteiger partial charge in [-0.3, -0.25) is 10.1 Å². The van der Waals surface area contributed by atoms with Crippen LogP contribution in [0.25, 0.3) is 0 Å². The van der Waals surface area contributed by atoms with Crippen molar-refractivity contribution in [3.8, 4) is 6.07 Å². The number of anilines is 1. The van der Waals surface area contributed by atoms with E-state index in [1.54, 1.807) is 13.0 Å². The van der Waals surface area contributed by atoms with Gasteiger partial charge in [-0.05, 0) is 25.1 Å². The molecule has 1 aromatic rings. The van der Waals surface area contributed by atoms with Crippen LogP contribution in [0.2, 0.25) is 5.02 Å². The number of urea groups is 1. The van der Waals surface area contributed by atoms with Gasteiger partial charge in [-0.2, -0.15) is 5.26 Å². The molecule has 7 heteroatoms. The number of benzene rings is 1. The third-order valence-corrected chi connectivity index (χ3v) is 2.43. The van der Waals surface area contributed by atoms with Gasteiger partial charge in [0.25, 0.3) is 0 Å². The van der Waals surface area contributed by atoms with Gasteiger partial charge in [-0.1, -0.05) is 11.6 Å². The Hall–Kier alpha value is -2.26. The van der Waals surface area contributed by atoms with E-state index in [0.717, 1.165) is 0 Å². The minimum Gasteiger partial charge on any atom is -0.374 e. The van der Waals surface area contributed by atoms with Crippen LogP contribution in [0.1, 0.15) is 12.5 Å². The SMILES string of the molecule is CC(Nc1ccc(C#N)c(Cl)c1)C(=O)NC(N)=O. The minimum absolute atomic E-state index is 0.282. The number of nitriles is 1. The van der Waals surface area contributed by atoms with Gasteiger partial charge < -0.3 is 11.1 Å². The highest BCUT2D eigenvalue weighted by molar-refractivity contribution is 6.32. The second-order valence-electron chi connectivity index (χ2n) is 3.53. The van der Waals surface area contributed by atoms with Gasteiger partial charge in [0.1, 0.15) is 12.1 Å². The maximum absolute atomic E-state index is 11.4. The number of hydrogen-bond donors (Lipinski definition) is 3. The van der Waals surface area contributed by atoms with Crippen LogP contribution in [0.3, 0.4) is 0 Å². The average Bonchev–Trinajstić information content (AvgIpc) is 2.28. The third-order valence-electron chi connectivity index (χ3n) is 2.11. The Bertz CT molecular complexity index is 524. The van der Waals surface area contributed by atoms with Crippen LogP contribution >= 0.6 is 11.6 Å². The summed E-state index contributed by atoms with van der Waals surface area (Å²) in [7, 11) is 0. The maximum atomic E-state index is 11.4. The lowest BCUT2D eigenvalue weighted by molar-refractivity contribution is -0.120. The van der Waals surface area contributed by atoms with Crippen molar-refractivity contribution in [1.29, 1.82) is 5.26 Å². The second kappa shape index (κ2) is 5.89. The van der Waals surface area contributed by atoms with E-state index in [4.69, 9.17) is 22.6 Å². The first-order chi connectivity index (χ1) is 8.43. The van der Waals surface area contributed by atoms with E-state index in [1.165, 1.54) is 12.1 Å². The summed E-state index contributed by atoms with van der Waals surface area (Å²) in [6.07, 6.45) is 0. The van der Waals surface area contributed by atoms with E-state index >= 15 is 0 Å². The second-order valence-corrected chi connectivity index (χ2v) is 3.93. The fraction of sp³-hybridized carbons (Fsp3) is 0.182. The Labute approximate surface area is 109 Å². The van der Waals surface area contributed by atoms with Crippen molar-refractivity contribution < 1.29 is 9.59 Å². The van der Waals surface area contributed by atoms with Crippen LogP contribution in [-0.4, -0.2) is 18.0 Å². The van der Waals surface area contributed by atoms with Gasteiger partial charge in [0.15, 0.2) is 0 Å². The number of nitrogens with zero attached hydrogens (tertiary/aromatic N) is 1. The molecule has 4 N–H and O–H groups in total. The summed E-state index contributed by atoms with van der Waals surface area (Å²) < 4.78 is 0. The smallest absolute Gasteiger partial charge is 0.318 e. The predicted octanol–water partition coefficient (Wildman–Crippen LogP) is 1.21. The Balaban J connectivity index is 2.74. The standard InChI is InChI=1S/C11H11ClN4O2/c1-6(10(17)16-11(14)18)15-8-3-2-7(5-13)9(12)4-8/h2-4,6,15H,1H3,(H3,14,16,17,18). The molecule has 0 aliphatic carbocycles. The average molecular weight is 267 g/mol. The van der Waals surface area contributed by atoms with Crippen molar-refractivity contribution in [2.24, 2.45) is 5.73 Å². The van der Waals surface area contributed by atoms with Crippen molar-refractivity contribution in [3.63, 3.8) is 0 Å². The Kier molecular flexibility index (Phi) is 4.52. The summed E-state index contributed by atoms with van der Waals surface area (Å²) in [4.78, 5) is 21.9. The number of imide groups is 1. The molecule has 0 saturated heterocycles. The van der Waals surface area contributed by atoms with Gasteiger partial charge in [0, 0.05) is 5.69 Å². The molecule has 94 valence electrons. The molecule has 18 heavy (non-hydrogen) atoms. The van der Waals surface area contributed by atoms with Gasteiger partial charge in [-0.15, -0.1) is 0 Å². The van der Waals surface area contributed by atoms with E-state index in [1.807, 2.05) is 11.4 Å². The number of rotatable bonds is 3. The Morgan fingerprint density at radius 2 is 2.17 bits per heavy atom. The van der Waals surface area contributed by atoms with Crippen molar-refractivity contribution in [3.05, 3.63) is 28.8 Å². The first kappa shape index (κ1) is 13.8. The molecular weight excluding hydrogens is 256 g/mol. The normalized spacial score (nSPS) is 11.2. The first-order valence-electron chi connectivity index (χ1n) is 5.00. The van der Waals surface area contributed by atoms with Crippen molar-refractivity contribution in [2.45, 2.75) is 13.0 Å². The molecule has 1 atom stereocenters. The van der Waals surface area contributed by atoms with Crippen LogP contribution in [0, 0.1) is 11.3 Å². The monoisotopic (exact) mass is 266 g/mol. The zero-order valence-electron chi connectivity index (χ0n) is 9.53. The zero-order chi connectivity index (χ0) is 13.7. The number of nitrogens with two attached hydrogens (primary N) is 1. The molecule has 0 saturated carbocycles. The number of primary amides is 1. The van der Waals surface area contributed by atoms with Crippen LogP contribution in [0.5, 0.6) is 0 Å². The maximum Gasteiger partial charge on any atom is 0.318 e. The topological polar surface area (TPSA) is 108 Å². The van der Waals surface area contributed by atoms with E-state index in [9.17, 15) is 9.59 Å². The highest BCUT2D eigenvalue weighted by Crippen LogP contribution is 2.20. The molecule has 0 spiro atoms. The highest BCUT2D eigenvalue weighted by Gasteiger charge is 2.14. The molecule has 0 aliphatic rings. The molecule has 6 nitrogen and oxygen atoms in total. The van der Waals surface area contributed by atoms with E-state index in [-0.39, 0.29) is 5.02 Å². The molecule has 3 amide bonds. The number of halogens is 1. The zero-order valence-corrected chi connectivity index (χ0v) is 10.3. The third kappa shape index (κ3) is 3.64. The number of carbonyl (C=O) groups excluding carboxylic acids is 2. The molecule has 0 bridgehead atoms. The summed E-state index contributed by atoms with van der Waals surface area (Å²) in [5.41, 5.74) is 5.74. The molecule has 0 radical (unpaired) electrons. The van der Waals surface area contributed by atoms with E-state index in [2.05, 4.69) is 5.32 Å². The fourth-order valence-electron chi connectivity index (χ4n) is 1.24. The Morgan fingerprint density at radius 3 is 2.67 bits per heavy atom. The number of amides is 3. The van der Waals surface area contributed by atoms with Gasteiger partial charge in [0.05, 0.1) is 10.6 Å². The molecule has 0 aromatic heterocycles. The highest BCUT2D eigenvalue weighted by atomic mass is 35.5. The van der Waals surface area contributed by atoms with Crippen LogP contribution in [0.4, 0.5) is 10.5 Å². The molecule has 1 rings (SSSR count). The van der Waals surface area contributed by atoms with Crippen LogP contribution < -0.4 is 16.4 Å². The lowest BCUT2D eigenvalue weighted by Crippen LogP contribution is -2.43. The van der Waals surface area contributed by atoms with Gasteiger partial charge in [-0.25, -0.2) is 4.79 Å². The summed E-state index contributed by atoms with van der Waals surface area (Å²) in [6.45, 7) is 1.56. The summed E-state index contributed by atoms with van der Waals surface area (Å²) in [6, 6.07) is 5.01. The molecular formula is C11H11ClN4O2. The minimum atomic E-state index is -0.911. The number of carbonyl (C=O) groups is 2. The van der Waals surface area contributed by atoms with E-state index in [0.29, 0.717) is 11.3 Å². The number of hydrogen-bond acceptors (Lipinski definition) is 4. The van der Waals surface area contributed by atoms with E-state index < -0.39 is 18.0 Å². The van der Waals surface area contributed by atoms with Crippen LogP contribution in [0.15, 0.2) is 18.2 Å². The van der Waals surface area contributed by atoms with Gasteiger partial charge >= 0.3 is 6.03 Å². The predicted molar refractivity (Wildman–Crippen MR) is 67.0 cm³/mol. The Morgan fingerprint density at radius 1 is 1.50 bits per heavy atom. The fourth-order valence-corrected chi connectivity index (χ4v) is 1.46. The molecule has 1 aromatic carbocycles. The van der Waals surface area contributed by atoms with Crippen molar-refractivity contribution in [2.75, 3.05) is 5.32 Å². The molecule has 1 unspecified atom stereocenters. The summed E-state index contributed by atoms with van der Waals surface area (Å²) in [5.74, 6) is -0.553. The lowest BCUT2D eigenvalue weighted by atomic mass is 10.2. The summed E-state index contributed by atoms with van der Waals surface area (Å²) >= 11 is 5.84. The van der Waals surface area contributed by atoms with Crippen molar-refractivity contribution in [1.82, 2.24) is 5.32 Å². The molecule has 0 aliphatic heterocycles. The molecule has 0 fully saturated rings.